The summed E-state index contributed by atoms with van der Waals surface area (Å²) in [6, 6.07) is 5.94. The summed E-state index contributed by atoms with van der Waals surface area (Å²) in [4.78, 5) is 32.3. The summed E-state index contributed by atoms with van der Waals surface area (Å²) in [6.45, 7) is 6.91. The number of carbonyl (C=O) groups is 1. The first-order valence-electron chi connectivity index (χ1n) is 9.27. The maximum Gasteiger partial charge on any atom is 0.263 e. The van der Waals surface area contributed by atoms with Crippen LogP contribution in [0.1, 0.15) is 28.7 Å². The summed E-state index contributed by atoms with van der Waals surface area (Å²) < 4.78 is 3.69. The molecule has 0 spiro atoms. The van der Waals surface area contributed by atoms with Crippen molar-refractivity contribution in [1.82, 2.24) is 14.1 Å². The van der Waals surface area contributed by atoms with Crippen LogP contribution < -0.4 is 5.56 Å². The fourth-order valence-electron chi connectivity index (χ4n) is 3.57. The van der Waals surface area contributed by atoms with Crippen LogP contribution in [0.25, 0.3) is 20.7 Å². The minimum Gasteiger partial charge on any atom is -0.349 e. The lowest BCUT2D eigenvalue weighted by Crippen LogP contribution is -2.20. The third-order valence-corrected chi connectivity index (χ3v) is 7.89. The Morgan fingerprint density at radius 3 is 2.72 bits per heavy atom. The molecule has 5 nitrogen and oxygen atoms in total. The molecule has 0 unspecified atom stereocenters. The van der Waals surface area contributed by atoms with Crippen molar-refractivity contribution in [2.75, 3.05) is 5.75 Å². The monoisotopic (exact) mass is 443 g/mol. The normalized spacial score (nSPS) is 11.4. The molecule has 4 aromatic heterocycles. The minimum atomic E-state index is -0.0706. The van der Waals surface area contributed by atoms with Crippen molar-refractivity contribution in [1.29, 1.82) is 0 Å². The van der Waals surface area contributed by atoms with Crippen LogP contribution in [-0.4, -0.2) is 25.7 Å². The van der Waals surface area contributed by atoms with Crippen molar-refractivity contribution in [2.45, 2.75) is 32.5 Å². The SMILES string of the molecule is CCn1c(C)cc(C(=O)CSc2nc3scc(-c4cccs4)c3c(=O)n2C)c1C. The van der Waals surface area contributed by atoms with E-state index in [-0.39, 0.29) is 17.1 Å². The molecule has 0 amide bonds. The number of fused-ring (bicyclic) bond motifs is 1. The molecule has 4 aromatic rings. The summed E-state index contributed by atoms with van der Waals surface area (Å²) >= 11 is 4.40. The molecule has 0 aliphatic carbocycles. The number of aryl methyl sites for hydroxylation is 1. The first-order chi connectivity index (χ1) is 13.9. The van der Waals surface area contributed by atoms with Gasteiger partial charge in [0.15, 0.2) is 10.9 Å². The number of nitrogens with zero attached hydrogens (tertiary/aromatic N) is 3. The van der Waals surface area contributed by atoms with Crippen molar-refractivity contribution in [2.24, 2.45) is 7.05 Å². The number of aromatic nitrogens is 3. The van der Waals surface area contributed by atoms with E-state index in [1.54, 1.807) is 23.0 Å². The van der Waals surface area contributed by atoms with E-state index in [9.17, 15) is 9.59 Å². The second-order valence-corrected chi connectivity index (χ2v) is 9.55. The summed E-state index contributed by atoms with van der Waals surface area (Å²) in [5.74, 6) is 0.311. The van der Waals surface area contributed by atoms with Crippen LogP contribution in [0.15, 0.2) is 38.9 Å². The van der Waals surface area contributed by atoms with Gasteiger partial charge in [0.2, 0.25) is 0 Å². The zero-order valence-electron chi connectivity index (χ0n) is 16.7. The van der Waals surface area contributed by atoms with Gasteiger partial charge in [-0.15, -0.1) is 22.7 Å². The third kappa shape index (κ3) is 3.49. The Bertz CT molecular complexity index is 1260. The molecule has 0 fully saturated rings. The van der Waals surface area contributed by atoms with Gasteiger partial charge < -0.3 is 4.57 Å². The van der Waals surface area contributed by atoms with E-state index in [4.69, 9.17) is 0 Å². The van der Waals surface area contributed by atoms with Gasteiger partial charge in [-0.1, -0.05) is 17.8 Å². The summed E-state index contributed by atoms with van der Waals surface area (Å²) in [5, 5.41) is 5.22. The molecule has 0 bridgehead atoms. The van der Waals surface area contributed by atoms with E-state index in [1.807, 2.05) is 42.8 Å². The Balaban J connectivity index is 1.63. The second kappa shape index (κ2) is 7.93. The molecule has 0 aromatic carbocycles. The maximum absolute atomic E-state index is 13.0. The number of carbonyl (C=O) groups excluding carboxylic acids is 1. The summed E-state index contributed by atoms with van der Waals surface area (Å²) in [7, 11) is 1.72. The number of Topliss-reactive ketones (excluding diaryl/α,β-unsaturated/α-hetero) is 1. The standard InChI is InChI=1S/C21H21N3O2S3/c1-5-24-12(2)9-14(13(24)3)16(25)11-29-21-22-19-18(20(26)23(21)4)15(10-28-19)17-7-6-8-27-17/h6-10H,5,11H2,1-4H3. The Hall–Kier alpha value is -2.16. The van der Waals surface area contributed by atoms with Gasteiger partial charge in [-0.25, -0.2) is 4.98 Å². The Labute approximate surface area is 181 Å². The molecule has 0 aliphatic heterocycles. The molecule has 4 heterocycles. The highest BCUT2D eigenvalue weighted by molar-refractivity contribution is 7.99. The van der Waals surface area contributed by atoms with Crippen LogP contribution >= 0.6 is 34.4 Å². The third-order valence-electron chi connectivity index (χ3n) is 5.08. The lowest BCUT2D eigenvalue weighted by Gasteiger charge is -2.08. The molecular weight excluding hydrogens is 422 g/mol. The van der Waals surface area contributed by atoms with Crippen LogP contribution in [0.2, 0.25) is 0 Å². The van der Waals surface area contributed by atoms with E-state index < -0.39 is 0 Å². The summed E-state index contributed by atoms with van der Waals surface area (Å²) in [6.07, 6.45) is 0. The maximum atomic E-state index is 13.0. The highest BCUT2D eigenvalue weighted by Gasteiger charge is 2.19. The lowest BCUT2D eigenvalue weighted by molar-refractivity contribution is 0.102. The number of hydrogen-bond donors (Lipinski definition) is 0. The second-order valence-electron chi connectivity index (χ2n) is 6.81. The molecular formula is C21H21N3O2S3. The number of rotatable bonds is 6. The van der Waals surface area contributed by atoms with E-state index in [2.05, 4.69) is 16.5 Å². The average Bonchev–Trinajstić information content (AvgIpc) is 3.42. The van der Waals surface area contributed by atoms with Crippen LogP contribution in [0, 0.1) is 13.8 Å². The minimum absolute atomic E-state index is 0.0580. The molecule has 0 saturated heterocycles. The Morgan fingerprint density at radius 2 is 2.07 bits per heavy atom. The van der Waals surface area contributed by atoms with Crippen LogP contribution in [0.3, 0.4) is 0 Å². The van der Waals surface area contributed by atoms with Gasteiger partial charge in [0.1, 0.15) is 4.83 Å². The molecule has 0 saturated carbocycles. The van der Waals surface area contributed by atoms with Gasteiger partial charge >= 0.3 is 0 Å². The molecule has 0 N–H and O–H groups in total. The summed E-state index contributed by atoms with van der Waals surface area (Å²) in [5.41, 5.74) is 3.70. The predicted octanol–water partition coefficient (Wildman–Crippen LogP) is 5.14. The van der Waals surface area contributed by atoms with E-state index in [0.717, 1.165) is 38.8 Å². The lowest BCUT2D eigenvalue weighted by atomic mass is 10.2. The average molecular weight is 444 g/mol. The molecule has 29 heavy (non-hydrogen) atoms. The van der Waals surface area contributed by atoms with Gasteiger partial charge in [-0.3, -0.25) is 14.2 Å². The molecule has 8 heteroatoms. The van der Waals surface area contributed by atoms with Gasteiger partial charge in [0.05, 0.1) is 11.1 Å². The number of ketones is 1. The molecule has 0 aliphatic rings. The van der Waals surface area contributed by atoms with E-state index in [0.29, 0.717) is 10.5 Å². The first kappa shape index (κ1) is 20.1. The highest BCUT2D eigenvalue weighted by Crippen LogP contribution is 2.34. The van der Waals surface area contributed by atoms with Gasteiger partial charge in [-0.2, -0.15) is 0 Å². The van der Waals surface area contributed by atoms with Gasteiger partial charge in [0.25, 0.3) is 5.56 Å². The van der Waals surface area contributed by atoms with Gasteiger partial charge in [-0.05, 0) is 38.3 Å². The predicted molar refractivity (Wildman–Crippen MR) is 123 cm³/mol. The quantitative estimate of drug-likeness (QED) is 0.235. The van der Waals surface area contributed by atoms with Crippen molar-refractivity contribution < 1.29 is 4.79 Å². The van der Waals surface area contributed by atoms with Gasteiger partial charge in [0, 0.05) is 46.4 Å². The van der Waals surface area contributed by atoms with Crippen molar-refractivity contribution in [3.63, 3.8) is 0 Å². The molecule has 0 radical (unpaired) electrons. The van der Waals surface area contributed by atoms with Crippen LogP contribution in [0.4, 0.5) is 0 Å². The number of thiophene rings is 2. The van der Waals surface area contributed by atoms with E-state index in [1.165, 1.54) is 23.1 Å². The Morgan fingerprint density at radius 1 is 1.28 bits per heavy atom. The van der Waals surface area contributed by atoms with Crippen molar-refractivity contribution in [3.05, 3.63) is 56.3 Å². The van der Waals surface area contributed by atoms with Crippen molar-refractivity contribution >= 4 is 50.4 Å². The zero-order valence-corrected chi connectivity index (χ0v) is 19.1. The van der Waals surface area contributed by atoms with Crippen LogP contribution in [0.5, 0.6) is 0 Å². The van der Waals surface area contributed by atoms with E-state index >= 15 is 0 Å². The molecule has 0 atom stereocenters. The highest BCUT2D eigenvalue weighted by atomic mass is 32.2. The number of hydrogen-bond acceptors (Lipinski definition) is 6. The number of thioether (sulfide) groups is 1. The smallest absolute Gasteiger partial charge is 0.263 e. The van der Waals surface area contributed by atoms with Crippen LogP contribution in [-0.2, 0) is 13.6 Å². The van der Waals surface area contributed by atoms with Crippen molar-refractivity contribution in [3.8, 4) is 10.4 Å². The molecule has 4 rings (SSSR count). The fourth-order valence-corrected chi connectivity index (χ4v) is 6.23. The fraction of sp³-hybridized carbons (Fsp3) is 0.286. The topological polar surface area (TPSA) is 56.9 Å². The molecule has 150 valence electrons. The Kier molecular flexibility index (Phi) is 5.50. The first-order valence-corrected chi connectivity index (χ1v) is 12.0. The zero-order chi connectivity index (χ0) is 20.7. The largest absolute Gasteiger partial charge is 0.349 e.